The van der Waals surface area contributed by atoms with Gasteiger partial charge in [0.05, 0.1) is 5.56 Å². The van der Waals surface area contributed by atoms with E-state index in [2.05, 4.69) is 15.9 Å². The highest BCUT2D eigenvalue weighted by molar-refractivity contribution is 9.10. The maximum Gasteiger partial charge on any atom is 0.252 e. The molecule has 0 fully saturated rings. The lowest BCUT2D eigenvalue weighted by Gasteiger charge is -2.09. The van der Waals surface area contributed by atoms with Crippen LogP contribution < -0.4 is 10.5 Å². The van der Waals surface area contributed by atoms with E-state index in [-0.39, 0.29) is 18.0 Å². The molecule has 2 aromatic rings. The number of carbonyl (C=O) groups is 2. The summed E-state index contributed by atoms with van der Waals surface area (Å²) in [4.78, 5) is 23.3. The molecule has 20 heavy (non-hydrogen) atoms. The van der Waals surface area contributed by atoms with E-state index in [4.69, 9.17) is 10.5 Å². The van der Waals surface area contributed by atoms with Gasteiger partial charge in [-0.05, 0) is 18.2 Å². The molecule has 2 rings (SSSR count). The molecule has 0 saturated carbocycles. The number of nitrogens with two attached hydrogens (primary N) is 1. The molecule has 0 aromatic heterocycles. The molecule has 0 spiro atoms. The average Bonchev–Trinajstić information content (AvgIpc) is 2.45. The van der Waals surface area contributed by atoms with Crippen molar-refractivity contribution in [3.05, 3.63) is 64.1 Å². The molecule has 0 bridgehead atoms. The molecule has 2 aromatic carbocycles. The number of benzene rings is 2. The monoisotopic (exact) mass is 333 g/mol. The summed E-state index contributed by atoms with van der Waals surface area (Å²) in [5.41, 5.74) is 6.03. The summed E-state index contributed by atoms with van der Waals surface area (Å²) in [7, 11) is 0. The van der Waals surface area contributed by atoms with Gasteiger partial charge in [0.1, 0.15) is 5.75 Å². The molecule has 4 nitrogen and oxygen atoms in total. The zero-order valence-corrected chi connectivity index (χ0v) is 12.1. The number of para-hydroxylation sites is 1. The summed E-state index contributed by atoms with van der Waals surface area (Å²) in [6.07, 6.45) is 0. The Morgan fingerprint density at radius 2 is 1.60 bits per heavy atom. The van der Waals surface area contributed by atoms with Gasteiger partial charge in [0.15, 0.2) is 6.61 Å². The molecule has 102 valence electrons. The Labute approximate surface area is 124 Å². The Morgan fingerprint density at radius 1 is 1.00 bits per heavy atom. The van der Waals surface area contributed by atoms with Crippen LogP contribution in [0.3, 0.4) is 0 Å². The summed E-state index contributed by atoms with van der Waals surface area (Å²) in [5.74, 6) is -0.467. The fraction of sp³-hybridized carbons (Fsp3) is 0.0667. The quantitative estimate of drug-likeness (QED) is 0.855. The SMILES string of the molecule is NC(=O)c1ccccc1OCC(=O)c1ccccc1Br. The standard InChI is InChI=1S/C15H12BrNO3/c16-12-7-3-1-5-10(12)13(18)9-20-14-8-4-2-6-11(14)15(17)19/h1-8H,9H2,(H2,17,19). The van der Waals surface area contributed by atoms with Crippen LogP contribution in [0.5, 0.6) is 5.75 Å². The second-order valence-electron chi connectivity index (χ2n) is 4.05. The minimum atomic E-state index is -0.589. The van der Waals surface area contributed by atoms with Crippen molar-refractivity contribution >= 4 is 27.6 Å². The summed E-state index contributed by atoms with van der Waals surface area (Å²) < 4.78 is 6.10. The smallest absolute Gasteiger partial charge is 0.252 e. The van der Waals surface area contributed by atoms with Crippen molar-refractivity contribution in [1.29, 1.82) is 0 Å². The number of hydrogen-bond acceptors (Lipinski definition) is 3. The van der Waals surface area contributed by atoms with Gasteiger partial charge >= 0.3 is 0 Å². The van der Waals surface area contributed by atoms with Gasteiger partial charge in [0.2, 0.25) is 5.78 Å². The first-order valence-corrected chi connectivity index (χ1v) is 6.68. The van der Waals surface area contributed by atoms with E-state index >= 15 is 0 Å². The summed E-state index contributed by atoms with van der Waals surface area (Å²) >= 11 is 3.31. The van der Waals surface area contributed by atoms with E-state index in [1.165, 1.54) is 0 Å². The molecular weight excluding hydrogens is 322 g/mol. The van der Waals surface area contributed by atoms with Crippen LogP contribution in [0.2, 0.25) is 0 Å². The van der Waals surface area contributed by atoms with Crippen molar-refractivity contribution in [2.45, 2.75) is 0 Å². The molecule has 0 atom stereocenters. The normalized spacial score (nSPS) is 10.1. The third kappa shape index (κ3) is 3.24. The zero-order valence-electron chi connectivity index (χ0n) is 10.5. The minimum absolute atomic E-state index is 0.160. The number of primary amides is 1. The van der Waals surface area contributed by atoms with Gasteiger partial charge in [-0.25, -0.2) is 0 Å². The molecule has 0 heterocycles. The number of hydrogen-bond donors (Lipinski definition) is 1. The van der Waals surface area contributed by atoms with Crippen molar-refractivity contribution in [2.24, 2.45) is 5.73 Å². The Morgan fingerprint density at radius 3 is 2.25 bits per heavy atom. The van der Waals surface area contributed by atoms with Crippen molar-refractivity contribution in [2.75, 3.05) is 6.61 Å². The van der Waals surface area contributed by atoms with E-state index in [0.29, 0.717) is 15.8 Å². The van der Waals surface area contributed by atoms with E-state index in [1.807, 2.05) is 6.07 Å². The van der Waals surface area contributed by atoms with Crippen molar-refractivity contribution in [1.82, 2.24) is 0 Å². The first-order valence-electron chi connectivity index (χ1n) is 5.89. The fourth-order valence-electron chi connectivity index (χ4n) is 1.70. The van der Waals surface area contributed by atoms with E-state index in [1.54, 1.807) is 42.5 Å². The minimum Gasteiger partial charge on any atom is -0.485 e. The van der Waals surface area contributed by atoms with Crippen LogP contribution in [0.4, 0.5) is 0 Å². The Bertz CT molecular complexity index is 655. The van der Waals surface area contributed by atoms with Crippen LogP contribution in [0.25, 0.3) is 0 Å². The molecule has 1 amide bonds. The van der Waals surface area contributed by atoms with Gasteiger partial charge in [0.25, 0.3) is 5.91 Å². The van der Waals surface area contributed by atoms with Crippen molar-refractivity contribution in [3.8, 4) is 5.75 Å². The average molecular weight is 334 g/mol. The van der Waals surface area contributed by atoms with Gasteiger partial charge in [-0.15, -0.1) is 0 Å². The number of ether oxygens (including phenoxy) is 1. The first-order chi connectivity index (χ1) is 9.59. The number of rotatable bonds is 5. The fourth-order valence-corrected chi connectivity index (χ4v) is 2.21. The number of halogens is 1. The van der Waals surface area contributed by atoms with Crippen molar-refractivity contribution in [3.63, 3.8) is 0 Å². The molecule has 0 unspecified atom stereocenters. The Kier molecular flexibility index (Phi) is 4.53. The van der Waals surface area contributed by atoms with E-state index in [9.17, 15) is 9.59 Å². The molecule has 0 saturated heterocycles. The summed E-state index contributed by atoms with van der Waals surface area (Å²) in [6, 6.07) is 13.6. The van der Waals surface area contributed by atoms with Crippen LogP contribution >= 0.6 is 15.9 Å². The van der Waals surface area contributed by atoms with Gasteiger partial charge in [0, 0.05) is 10.0 Å². The predicted octanol–water partition coefficient (Wildman–Crippen LogP) is 2.81. The third-order valence-electron chi connectivity index (χ3n) is 2.69. The molecular formula is C15H12BrNO3. The number of carbonyl (C=O) groups excluding carboxylic acids is 2. The van der Waals surface area contributed by atoms with E-state index < -0.39 is 5.91 Å². The zero-order chi connectivity index (χ0) is 14.5. The highest BCUT2D eigenvalue weighted by atomic mass is 79.9. The second-order valence-corrected chi connectivity index (χ2v) is 4.91. The lowest BCUT2D eigenvalue weighted by atomic mass is 10.1. The van der Waals surface area contributed by atoms with Crippen LogP contribution in [0, 0.1) is 0 Å². The lowest BCUT2D eigenvalue weighted by molar-refractivity contribution is 0.0911. The van der Waals surface area contributed by atoms with Crippen LogP contribution in [0.1, 0.15) is 20.7 Å². The highest BCUT2D eigenvalue weighted by Gasteiger charge is 2.13. The highest BCUT2D eigenvalue weighted by Crippen LogP contribution is 2.19. The van der Waals surface area contributed by atoms with E-state index in [0.717, 1.165) is 0 Å². The van der Waals surface area contributed by atoms with Crippen molar-refractivity contribution < 1.29 is 14.3 Å². The first kappa shape index (κ1) is 14.3. The summed E-state index contributed by atoms with van der Waals surface area (Å²) in [6.45, 7) is -0.160. The van der Waals surface area contributed by atoms with Gasteiger partial charge in [-0.3, -0.25) is 9.59 Å². The molecule has 0 radical (unpaired) electrons. The second kappa shape index (κ2) is 6.34. The predicted molar refractivity (Wildman–Crippen MR) is 78.9 cm³/mol. The number of Topliss-reactive ketones (excluding diaryl/α,β-unsaturated/α-hetero) is 1. The molecule has 2 N–H and O–H groups in total. The maximum absolute atomic E-state index is 12.0. The maximum atomic E-state index is 12.0. The molecule has 0 aliphatic rings. The van der Waals surface area contributed by atoms with Gasteiger partial charge in [-0.1, -0.05) is 46.3 Å². The van der Waals surface area contributed by atoms with Crippen LogP contribution in [0.15, 0.2) is 53.0 Å². The molecule has 0 aliphatic carbocycles. The Hall–Kier alpha value is -2.14. The largest absolute Gasteiger partial charge is 0.485 e. The molecule has 0 aliphatic heterocycles. The van der Waals surface area contributed by atoms with Crippen LogP contribution in [-0.4, -0.2) is 18.3 Å². The number of ketones is 1. The van der Waals surface area contributed by atoms with Gasteiger partial charge in [-0.2, -0.15) is 0 Å². The van der Waals surface area contributed by atoms with Crippen LogP contribution in [-0.2, 0) is 0 Å². The lowest BCUT2D eigenvalue weighted by Crippen LogP contribution is -2.16. The third-order valence-corrected chi connectivity index (χ3v) is 3.38. The topological polar surface area (TPSA) is 69.4 Å². The number of amides is 1. The molecule has 5 heteroatoms. The summed E-state index contributed by atoms with van der Waals surface area (Å²) in [5, 5.41) is 0. The van der Waals surface area contributed by atoms with Gasteiger partial charge < -0.3 is 10.5 Å². The Balaban J connectivity index is 2.12.